The molecule has 2 N–H and O–H groups in total. The Morgan fingerprint density at radius 1 is 1.02 bits per heavy atom. The number of hydrogen-bond donors (Lipinski definition) is 2. The van der Waals surface area contributed by atoms with Gasteiger partial charge in [-0.1, -0.05) is 24.1 Å². The molecule has 292 valence electrons. The molecule has 3 aromatic carbocycles. The number of sulfonamides is 1. The molecule has 0 aromatic heterocycles. The fourth-order valence-electron chi connectivity index (χ4n) is 8.44. The van der Waals surface area contributed by atoms with Gasteiger partial charge < -0.3 is 29.5 Å². The van der Waals surface area contributed by atoms with E-state index in [2.05, 4.69) is 15.0 Å². The third kappa shape index (κ3) is 6.76. The maximum Gasteiger partial charge on any atom is 0.573 e. The molecule has 6 rings (SSSR count). The van der Waals surface area contributed by atoms with E-state index in [1.54, 1.807) is 19.2 Å². The Bertz CT molecular complexity index is 2050. The highest BCUT2D eigenvalue weighted by Crippen LogP contribution is 2.58. The maximum absolute atomic E-state index is 15.8. The van der Waals surface area contributed by atoms with Gasteiger partial charge >= 0.3 is 12.3 Å². The number of aliphatic hydroxyl groups excluding tert-OH is 1. The van der Waals surface area contributed by atoms with Crippen LogP contribution >= 0.6 is 11.6 Å². The molecular weight excluding hydrogens is 753 g/mol. The topological polar surface area (TPSA) is 135 Å². The molecule has 3 aromatic rings. The van der Waals surface area contributed by atoms with E-state index >= 15 is 4.79 Å². The summed E-state index contributed by atoms with van der Waals surface area (Å²) >= 11 is 6.63. The van der Waals surface area contributed by atoms with E-state index in [0.717, 1.165) is 56.1 Å². The predicted molar refractivity (Wildman–Crippen MR) is 193 cm³/mol. The third-order valence-corrected chi connectivity index (χ3v) is 12.8. The summed E-state index contributed by atoms with van der Waals surface area (Å²) in [7, 11) is 0.321. The smallest absolute Gasteiger partial charge is 0.497 e. The van der Waals surface area contributed by atoms with Crippen LogP contribution < -0.4 is 23.8 Å². The number of piperidine rings is 1. The van der Waals surface area contributed by atoms with Crippen LogP contribution in [0.3, 0.4) is 0 Å². The van der Waals surface area contributed by atoms with E-state index in [1.807, 2.05) is 6.07 Å². The van der Waals surface area contributed by atoms with Crippen molar-refractivity contribution in [3.05, 3.63) is 76.3 Å². The average Bonchev–Trinajstić information content (AvgIpc) is 3.59. The van der Waals surface area contributed by atoms with Crippen molar-refractivity contribution in [3.63, 3.8) is 0 Å². The van der Waals surface area contributed by atoms with Crippen molar-refractivity contribution in [2.45, 2.75) is 61.0 Å². The molecule has 2 fully saturated rings. The first-order chi connectivity index (χ1) is 25.5. The van der Waals surface area contributed by atoms with Gasteiger partial charge in [-0.25, -0.2) is 8.42 Å². The number of fused-ring (bicyclic) bond motifs is 1. The van der Waals surface area contributed by atoms with Gasteiger partial charge in [0.05, 0.1) is 38.1 Å². The summed E-state index contributed by atoms with van der Waals surface area (Å²) in [5.41, 5.74) is -1.35. The van der Waals surface area contributed by atoms with Crippen LogP contribution in [0.2, 0.25) is 5.02 Å². The van der Waals surface area contributed by atoms with Crippen molar-refractivity contribution in [3.8, 4) is 17.2 Å². The monoisotopic (exact) mass is 795 g/mol. The zero-order chi connectivity index (χ0) is 39.2. The Kier molecular flexibility index (Phi) is 10.9. The third-order valence-electron chi connectivity index (χ3n) is 10.9. The van der Waals surface area contributed by atoms with Gasteiger partial charge in [-0.2, -0.15) is 4.31 Å². The number of ether oxygens (including phenoxy) is 3. The fraction of sp³-hybridized carbons (Fsp3) is 0.459. The van der Waals surface area contributed by atoms with E-state index in [4.69, 9.17) is 21.1 Å². The van der Waals surface area contributed by atoms with Crippen molar-refractivity contribution in [2.24, 2.45) is 0 Å². The van der Waals surface area contributed by atoms with Crippen LogP contribution in [0, 0.1) is 0 Å². The number of methoxy groups -OCH3 is 2. The van der Waals surface area contributed by atoms with Crippen molar-refractivity contribution >= 4 is 39.1 Å². The Labute approximate surface area is 317 Å². The van der Waals surface area contributed by atoms with Crippen LogP contribution in [0.15, 0.2) is 59.5 Å². The molecule has 4 atom stereocenters. The van der Waals surface area contributed by atoms with Crippen LogP contribution in [0.25, 0.3) is 0 Å². The van der Waals surface area contributed by atoms with Crippen LogP contribution in [-0.2, 0) is 31.6 Å². The Morgan fingerprint density at radius 2 is 1.74 bits per heavy atom. The van der Waals surface area contributed by atoms with Gasteiger partial charge in [-0.05, 0) is 80.4 Å². The van der Waals surface area contributed by atoms with Gasteiger partial charge in [0, 0.05) is 31.1 Å². The van der Waals surface area contributed by atoms with Crippen LogP contribution in [-0.4, -0.2) is 108 Å². The molecular formula is C37H43ClF3N4O8S+. The first-order valence-electron chi connectivity index (χ1n) is 17.5. The number of likely N-dealkylation sites (N-methyl/N-ethyl adjacent to an activating group) is 2. The molecule has 0 saturated carbocycles. The molecule has 3 aliphatic rings. The zero-order valence-corrected chi connectivity index (χ0v) is 31.9. The molecule has 2 saturated heterocycles. The molecule has 17 heteroatoms. The lowest BCUT2D eigenvalue weighted by atomic mass is 9.78. The van der Waals surface area contributed by atoms with Crippen molar-refractivity contribution in [2.75, 3.05) is 58.8 Å². The molecule has 3 aliphatic heterocycles. The molecule has 54 heavy (non-hydrogen) atoms. The first kappa shape index (κ1) is 39.6. The number of anilines is 1. The van der Waals surface area contributed by atoms with E-state index in [0.29, 0.717) is 17.3 Å². The molecule has 2 amide bonds. The van der Waals surface area contributed by atoms with Crippen molar-refractivity contribution in [1.82, 2.24) is 10.2 Å². The summed E-state index contributed by atoms with van der Waals surface area (Å²) in [6, 6.07) is 11.0. The molecule has 0 bridgehead atoms. The average molecular weight is 796 g/mol. The number of carbonyl (C=O) groups is 2. The highest BCUT2D eigenvalue weighted by Gasteiger charge is 2.72. The number of nitrogens with zero attached hydrogens (tertiary/aromatic N) is 3. The van der Waals surface area contributed by atoms with Gasteiger partial charge in [0.2, 0.25) is 5.54 Å². The maximum atomic E-state index is 15.8. The quantitative estimate of drug-likeness (QED) is 0.268. The van der Waals surface area contributed by atoms with Gasteiger partial charge in [-0.15, -0.1) is 13.2 Å². The lowest BCUT2D eigenvalue weighted by Gasteiger charge is -2.48. The molecule has 3 heterocycles. The molecule has 0 spiro atoms. The molecule has 2 unspecified atom stereocenters. The van der Waals surface area contributed by atoms with E-state index in [9.17, 15) is 31.5 Å². The summed E-state index contributed by atoms with van der Waals surface area (Å²) < 4.78 is 86.0. The lowest BCUT2D eigenvalue weighted by molar-refractivity contribution is -0.953. The SMILES string of the molecule is CNC(=O)[C@@H]1C[C@@H](O)C[N+]1(C)C1(c2cc(CCN3CCCCC3)ccc2OC)C(=O)N(S(=O)(=O)c2ccc(OC)cc2OC(F)(F)F)c2ccc(Cl)cc21. The standard InChI is InChI=1S/C37H42ClF3N4O8S/c1-42-34(47)30-20-25(46)22-45(30,2)36(28-18-23(8-12-31(28)52-4)14-17-43-15-6-5-7-16-43)27-19-24(38)9-11-29(27)44(35(36)48)54(49,50)33-13-10-26(51-3)21-32(33)53-37(39,40)41/h8-13,18-19,21,25,30,46H,5-7,14-17,20,22H2,1-4H3/p+1/t25-,30+,36?,45?/m1/s1. The number of benzene rings is 3. The number of halogens is 4. The molecule has 12 nitrogen and oxygen atoms in total. The largest absolute Gasteiger partial charge is 0.573 e. The Morgan fingerprint density at radius 3 is 2.39 bits per heavy atom. The second kappa shape index (κ2) is 14.9. The number of alkyl halides is 3. The van der Waals surface area contributed by atoms with Crippen LogP contribution in [0.1, 0.15) is 42.4 Å². The summed E-state index contributed by atoms with van der Waals surface area (Å²) in [6.45, 7) is 2.39. The zero-order valence-electron chi connectivity index (χ0n) is 30.3. The summed E-state index contributed by atoms with van der Waals surface area (Å²) in [4.78, 5) is 30.9. The number of nitrogens with one attached hydrogen (secondary N) is 1. The number of amides is 2. The van der Waals surface area contributed by atoms with Gasteiger partial charge in [0.25, 0.3) is 15.9 Å². The normalized spacial score (nSPS) is 24.7. The Hall–Kier alpha value is -4.09. The Balaban J connectivity index is 1.65. The van der Waals surface area contributed by atoms with Gasteiger partial charge in [0.15, 0.2) is 11.8 Å². The number of aliphatic hydroxyl groups is 1. The molecule has 0 aliphatic carbocycles. The highest BCUT2D eigenvalue weighted by molar-refractivity contribution is 7.93. The predicted octanol–water partition coefficient (Wildman–Crippen LogP) is 4.59. The van der Waals surface area contributed by atoms with Crippen molar-refractivity contribution < 1.29 is 55.0 Å². The van der Waals surface area contributed by atoms with Gasteiger partial charge in [0.1, 0.15) is 29.0 Å². The van der Waals surface area contributed by atoms with Crippen molar-refractivity contribution in [1.29, 1.82) is 0 Å². The molecule has 0 radical (unpaired) electrons. The summed E-state index contributed by atoms with van der Waals surface area (Å²) in [5, 5.41) is 14.0. The number of likely N-dealkylation sites (tertiary alicyclic amines) is 2. The number of quaternary nitrogens is 1. The van der Waals surface area contributed by atoms with E-state index in [-0.39, 0.29) is 46.3 Å². The van der Waals surface area contributed by atoms with E-state index < -0.39 is 61.0 Å². The minimum atomic E-state index is -5.31. The second-order valence-corrected chi connectivity index (χ2v) is 16.2. The minimum Gasteiger partial charge on any atom is -0.497 e. The fourth-order valence-corrected chi connectivity index (χ4v) is 10.2. The number of hydrogen-bond acceptors (Lipinski definition) is 9. The summed E-state index contributed by atoms with van der Waals surface area (Å²) in [5.74, 6) is -2.73. The van der Waals surface area contributed by atoms with Crippen LogP contribution in [0.4, 0.5) is 18.9 Å². The summed E-state index contributed by atoms with van der Waals surface area (Å²) in [6.07, 6.45) is -2.64. The van der Waals surface area contributed by atoms with Gasteiger partial charge in [-0.3, -0.25) is 14.1 Å². The number of rotatable bonds is 11. The van der Waals surface area contributed by atoms with E-state index in [1.165, 1.54) is 39.5 Å². The minimum absolute atomic E-state index is 0.0485. The lowest BCUT2D eigenvalue weighted by Crippen LogP contribution is -2.69. The second-order valence-electron chi connectivity index (χ2n) is 14.0. The first-order valence-corrected chi connectivity index (χ1v) is 19.3. The number of carbonyl (C=O) groups excluding carboxylic acids is 2. The highest BCUT2D eigenvalue weighted by atomic mass is 35.5. The van der Waals surface area contributed by atoms with Crippen LogP contribution in [0.5, 0.6) is 17.2 Å².